The van der Waals surface area contributed by atoms with Crippen molar-refractivity contribution in [2.24, 2.45) is 0 Å². The van der Waals surface area contributed by atoms with Crippen molar-refractivity contribution in [1.82, 2.24) is 19.3 Å². The van der Waals surface area contributed by atoms with E-state index < -0.39 is 27.7 Å². The third-order valence-electron chi connectivity index (χ3n) is 5.35. The van der Waals surface area contributed by atoms with Crippen LogP contribution in [-0.4, -0.2) is 34.2 Å². The van der Waals surface area contributed by atoms with Crippen molar-refractivity contribution >= 4 is 10.0 Å². The normalized spacial score (nSPS) is 17.2. The second-order valence-corrected chi connectivity index (χ2v) is 9.31. The van der Waals surface area contributed by atoms with Gasteiger partial charge in [0.15, 0.2) is 11.6 Å². The zero-order chi connectivity index (χ0) is 22.0. The molecule has 0 radical (unpaired) electrons. The van der Waals surface area contributed by atoms with Gasteiger partial charge < -0.3 is 0 Å². The lowest BCUT2D eigenvalue weighted by Crippen LogP contribution is -2.31. The molecule has 4 rings (SSSR count). The molecule has 9 heteroatoms. The van der Waals surface area contributed by atoms with Crippen LogP contribution in [0.3, 0.4) is 0 Å². The molecule has 6 nitrogen and oxygen atoms in total. The topological polar surface area (TPSA) is 76.1 Å². The monoisotopic (exact) mass is 444 g/mol. The van der Waals surface area contributed by atoms with Gasteiger partial charge >= 0.3 is 0 Å². The molecule has 0 saturated carbocycles. The molecule has 1 aliphatic rings. The number of nitrogens with zero attached hydrogens (tertiary/aromatic N) is 4. The fourth-order valence-electron chi connectivity index (χ4n) is 3.86. The number of benzene rings is 1. The summed E-state index contributed by atoms with van der Waals surface area (Å²) < 4.78 is 55.1. The zero-order valence-corrected chi connectivity index (χ0v) is 17.8. The molecule has 1 fully saturated rings. The number of aromatic nitrogens is 3. The highest BCUT2D eigenvalue weighted by molar-refractivity contribution is 7.89. The first-order chi connectivity index (χ1) is 14.9. The Hall–Kier alpha value is -2.78. The Morgan fingerprint density at radius 1 is 1.13 bits per heavy atom. The quantitative estimate of drug-likeness (QED) is 0.567. The van der Waals surface area contributed by atoms with Gasteiger partial charge in [0.05, 0.1) is 16.6 Å². The summed E-state index contributed by atoms with van der Waals surface area (Å²) in [6.45, 7) is 2.30. The average molecular weight is 445 g/mol. The van der Waals surface area contributed by atoms with Crippen LogP contribution >= 0.6 is 0 Å². The van der Waals surface area contributed by atoms with Gasteiger partial charge in [-0.3, -0.25) is 4.98 Å². The summed E-state index contributed by atoms with van der Waals surface area (Å²) in [6.07, 6.45) is 7.78. The van der Waals surface area contributed by atoms with Gasteiger partial charge in [-0.05, 0) is 55.2 Å². The maximum Gasteiger partial charge on any atom is 0.243 e. The number of rotatable bonds is 6. The molecule has 0 N–H and O–H groups in total. The van der Waals surface area contributed by atoms with Crippen LogP contribution in [0.2, 0.25) is 0 Å². The molecule has 162 valence electrons. The van der Waals surface area contributed by atoms with E-state index in [1.165, 1.54) is 4.31 Å². The Kier molecular flexibility index (Phi) is 6.06. The SMILES string of the molecule is CCCc1ncc(-c2ccncc2)c(C2CCCN2S(=O)(=O)c2ccc(F)c(F)c2)n1. The smallest absolute Gasteiger partial charge is 0.243 e. The molecule has 2 aromatic heterocycles. The Labute approximate surface area is 180 Å². The summed E-state index contributed by atoms with van der Waals surface area (Å²) in [5.74, 6) is -1.63. The highest BCUT2D eigenvalue weighted by Crippen LogP contribution is 2.39. The summed E-state index contributed by atoms with van der Waals surface area (Å²) in [5.41, 5.74) is 2.19. The molecule has 3 aromatic rings. The maximum atomic E-state index is 13.8. The van der Waals surface area contributed by atoms with E-state index in [9.17, 15) is 17.2 Å². The van der Waals surface area contributed by atoms with E-state index in [0.29, 0.717) is 30.8 Å². The first kappa shape index (κ1) is 21.5. The van der Waals surface area contributed by atoms with Crippen molar-refractivity contribution in [2.45, 2.75) is 43.5 Å². The first-order valence-electron chi connectivity index (χ1n) is 10.1. The predicted octanol–water partition coefficient (Wildman–Crippen LogP) is 4.30. The highest BCUT2D eigenvalue weighted by Gasteiger charge is 2.38. The van der Waals surface area contributed by atoms with Gasteiger partial charge in [-0.25, -0.2) is 27.2 Å². The Balaban J connectivity index is 1.80. The van der Waals surface area contributed by atoms with Crippen LogP contribution in [0.4, 0.5) is 8.78 Å². The minimum atomic E-state index is -4.05. The number of hydrogen-bond donors (Lipinski definition) is 0. The molecular formula is C22H22F2N4O2S. The minimum Gasteiger partial charge on any atom is -0.265 e. The lowest BCUT2D eigenvalue weighted by molar-refractivity contribution is 0.389. The Bertz CT molecular complexity index is 1190. The van der Waals surface area contributed by atoms with Crippen LogP contribution in [0.25, 0.3) is 11.1 Å². The second-order valence-electron chi connectivity index (χ2n) is 7.42. The largest absolute Gasteiger partial charge is 0.265 e. The second kappa shape index (κ2) is 8.76. The number of hydrogen-bond acceptors (Lipinski definition) is 5. The number of halogens is 2. The maximum absolute atomic E-state index is 13.8. The number of aryl methyl sites for hydroxylation is 1. The predicted molar refractivity (Wildman–Crippen MR) is 111 cm³/mol. The van der Waals surface area contributed by atoms with Crippen LogP contribution < -0.4 is 0 Å². The van der Waals surface area contributed by atoms with E-state index in [-0.39, 0.29) is 11.4 Å². The van der Waals surface area contributed by atoms with Crippen molar-refractivity contribution < 1.29 is 17.2 Å². The fourth-order valence-corrected chi connectivity index (χ4v) is 5.53. The van der Waals surface area contributed by atoms with Crippen molar-refractivity contribution in [3.05, 3.63) is 72.1 Å². The van der Waals surface area contributed by atoms with Gasteiger partial charge in [0.25, 0.3) is 0 Å². The highest BCUT2D eigenvalue weighted by atomic mass is 32.2. The van der Waals surface area contributed by atoms with Crippen LogP contribution in [0.15, 0.2) is 53.8 Å². The molecule has 0 bridgehead atoms. The fraction of sp³-hybridized carbons (Fsp3) is 0.318. The summed E-state index contributed by atoms with van der Waals surface area (Å²) in [6, 6.07) is 5.77. The molecule has 0 spiro atoms. The first-order valence-corrected chi connectivity index (χ1v) is 11.6. The molecule has 1 unspecified atom stereocenters. The lowest BCUT2D eigenvalue weighted by atomic mass is 10.0. The van der Waals surface area contributed by atoms with Crippen LogP contribution in [-0.2, 0) is 16.4 Å². The van der Waals surface area contributed by atoms with E-state index in [0.717, 1.165) is 35.7 Å². The van der Waals surface area contributed by atoms with Crippen LogP contribution in [0.1, 0.15) is 43.7 Å². The van der Waals surface area contributed by atoms with Crippen molar-refractivity contribution in [3.63, 3.8) is 0 Å². The summed E-state index contributed by atoms with van der Waals surface area (Å²) in [5, 5.41) is 0. The Morgan fingerprint density at radius 3 is 2.61 bits per heavy atom. The van der Waals surface area contributed by atoms with E-state index in [1.54, 1.807) is 18.6 Å². The third kappa shape index (κ3) is 4.20. The van der Waals surface area contributed by atoms with E-state index in [4.69, 9.17) is 4.98 Å². The molecular weight excluding hydrogens is 422 g/mol. The molecule has 0 aliphatic carbocycles. The standard InChI is InChI=1S/C22H22F2N4O2S/c1-2-4-21-26-14-17(15-8-10-25-11-9-15)22(27-21)20-5-3-12-28(20)31(29,30)16-6-7-18(23)19(24)13-16/h6-11,13-14,20H,2-5,12H2,1H3. The van der Waals surface area contributed by atoms with Crippen LogP contribution in [0, 0.1) is 11.6 Å². The molecule has 0 amide bonds. The molecule has 3 heterocycles. The summed E-state index contributed by atoms with van der Waals surface area (Å²) in [7, 11) is -4.05. The van der Waals surface area contributed by atoms with E-state index in [2.05, 4.69) is 9.97 Å². The molecule has 1 saturated heterocycles. The molecule has 31 heavy (non-hydrogen) atoms. The number of pyridine rings is 1. The van der Waals surface area contributed by atoms with Gasteiger partial charge in [0, 0.05) is 37.1 Å². The van der Waals surface area contributed by atoms with E-state index >= 15 is 0 Å². The van der Waals surface area contributed by atoms with Crippen molar-refractivity contribution in [1.29, 1.82) is 0 Å². The van der Waals surface area contributed by atoms with Gasteiger partial charge in [-0.15, -0.1) is 0 Å². The minimum absolute atomic E-state index is 0.272. The van der Waals surface area contributed by atoms with Crippen LogP contribution in [0.5, 0.6) is 0 Å². The zero-order valence-electron chi connectivity index (χ0n) is 17.0. The summed E-state index contributed by atoms with van der Waals surface area (Å²) in [4.78, 5) is 13.0. The van der Waals surface area contributed by atoms with E-state index in [1.807, 2.05) is 19.1 Å². The van der Waals surface area contributed by atoms with Gasteiger partial charge in [0.2, 0.25) is 10.0 Å². The third-order valence-corrected chi connectivity index (χ3v) is 7.25. The van der Waals surface area contributed by atoms with Gasteiger partial charge in [0.1, 0.15) is 5.82 Å². The summed E-state index contributed by atoms with van der Waals surface area (Å²) >= 11 is 0. The van der Waals surface area contributed by atoms with Gasteiger partial charge in [-0.1, -0.05) is 6.92 Å². The Morgan fingerprint density at radius 2 is 1.90 bits per heavy atom. The van der Waals surface area contributed by atoms with Gasteiger partial charge in [-0.2, -0.15) is 4.31 Å². The molecule has 1 atom stereocenters. The average Bonchev–Trinajstić information content (AvgIpc) is 3.27. The van der Waals surface area contributed by atoms with Crippen molar-refractivity contribution in [2.75, 3.05) is 6.54 Å². The molecule has 1 aliphatic heterocycles. The van der Waals surface area contributed by atoms with Crippen molar-refractivity contribution in [3.8, 4) is 11.1 Å². The number of sulfonamides is 1. The lowest BCUT2D eigenvalue weighted by Gasteiger charge is -2.25. The molecule has 1 aromatic carbocycles.